The molecular formula is C15H13F3N4O2. The number of ether oxygens (including phenoxy) is 1. The Kier molecular flexibility index (Phi) is 4.10. The molecule has 1 amide bonds. The highest BCUT2D eigenvalue weighted by Gasteiger charge is 2.31. The summed E-state index contributed by atoms with van der Waals surface area (Å²) in [5, 5.41) is 2.52. The van der Waals surface area contributed by atoms with Gasteiger partial charge in [0, 0.05) is 30.2 Å². The van der Waals surface area contributed by atoms with Crippen molar-refractivity contribution in [3.8, 4) is 5.75 Å². The molecular weight excluding hydrogens is 325 g/mol. The van der Waals surface area contributed by atoms with Crippen molar-refractivity contribution < 1.29 is 22.7 Å². The number of nitrogens with zero attached hydrogens (tertiary/aromatic N) is 2. The largest absolute Gasteiger partial charge is 0.492 e. The van der Waals surface area contributed by atoms with Crippen molar-refractivity contribution in [1.82, 2.24) is 9.97 Å². The van der Waals surface area contributed by atoms with Crippen LogP contribution in [0.3, 0.4) is 0 Å². The number of hydrogen-bond donors (Lipinski definition) is 2. The first-order chi connectivity index (χ1) is 11.3. The zero-order chi connectivity index (χ0) is 17.3. The summed E-state index contributed by atoms with van der Waals surface area (Å²) in [7, 11) is 0. The van der Waals surface area contributed by atoms with E-state index in [-0.39, 0.29) is 11.9 Å². The number of nitrogens with two attached hydrogens (primary N) is 1. The van der Waals surface area contributed by atoms with Gasteiger partial charge in [0.05, 0.1) is 5.56 Å². The summed E-state index contributed by atoms with van der Waals surface area (Å²) < 4.78 is 42.8. The van der Waals surface area contributed by atoms with E-state index < -0.39 is 17.6 Å². The molecule has 126 valence electrons. The Morgan fingerprint density at radius 2 is 2.00 bits per heavy atom. The van der Waals surface area contributed by atoms with Crippen LogP contribution >= 0.6 is 0 Å². The number of halogens is 3. The van der Waals surface area contributed by atoms with Crippen LogP contribution in [0.1, 0.15) is 21.7 Å². The Bertz CT molecular complexity index is 762. The first-order valence-corrected chi connectivity index (χ1v) is 7.05. The Labute approximate surface area is 134 Å². The van der Waals surface area contributed by atoms with Gasteiger partial charge in [0.15, 0.2) is 0 Å². The van der Waals surface area contributed by atoms with Crippen LogP contribution in [0.4, 0.5) is 18.9 Å². The van der Waals surface area contributed by atoms with E-state index >= 15 is 0 Å². The van der Waals surface area contributed by atoms with E-state index in [0.717, 1.165) is 5.56 Å². The number of alkyl halides is 3. The predicted octanol–water partition coefficient (Wildman–Crippen LogP) is 2.01. The van der Waals surface area contributed by atoms with Crippen molar-refractivity contribution in [3.05, 3.63) is 47.5 Å². The monoisotopic (exact) mass is 338 g/mol. The Morgan fingerprint density at radius 3 is 2.67 bits per heavy atom. The van der Waals surface area contributed by atoms with Gasteiger partial charge in [-0.15, -0.1) is 0 Å². The van der Waals surface area contributed by atoms with Gasteiger partial charge in [-0.3, -0.25) is 4.79 Å². The van der Waals surface area contributed by atoms with Crippen molar-refractivity contribution in [2.45, 2.75) is 18.6 Å². The molecule has 0 unspecified atom stereocenters. The summed E-state index contributed by atoms with van der Waals surface area (Å²) in [5.74, 6) is -0.456. The Balaban J connectivity index is 1.73. The van der Waals surface area contributed by atoms with Crippen LogP contribution < -0.4 is 15.8 Å². The zero-order valence-electron chi connectivity index (χ0n) is 12.3. The van der Waals surface area contributed by atoms with Gasteiger partial charge >= 0.3 is 6.18 Å². The average Bonchev–Trinajstić information content (AvgIpc) is 2.54. The number of rotatable bonds is 2. The lowest BCUT2D eigenvalue weighted by Gasteiger charge is -2.22. The molecule has 0 bridgehead atoms. The maximum Gasteiger partial charge on any atom is 0.419 e. The molecule has 0 aliphatic carbocycles. The van der Waals surface area contributed by atoms with E-state index in [1.165, 1.54) is 0 Å². The molecule has 0 fully saturated rings. The van der Waals surface area contributed by atoms with Crippen LogP contribution in [-0.2, 0) is 12.6 Å². The molecule has 9 heteroatoms. The molecule has 0 radical (unpaired) electrons. The van der Waals surface area contributed by atoms with Gasteiger partial charge in [-0.2, -0.15) is 13.2 Å². The van der Waals surface area contributed by atoms with Crippen LogP contribution in [0, 0.1) is 0 Å². The van der Waals surface area contributed by atoms with E-state index in [1.54, 1.807) is 18.2 Å². The minimum absolute atomic E-state index is 0.0708. The quantitative estimate of drug-likeness (QED) is 0.874. The maximum absolute atomic E-state index is 12.5. The molecule has 1 aliphatic heterocycles. The number of amides is 1. The highest BCUT2D eigenvalue weighted by molar-refractivity contribution is 6.01. The van der Waals surface area contributed by atoms with E-state index in [0.29, 0.717) is 36.9 Å². The third-order valence-corrected chi connectivity index (χ3v) is 3.44. The second-order valence-electron chi connectivity index (χ2n) is 5.34. The van der Waals surface area contributed by atoms with Gasteiger partial charge in [0.2, 0.25) is 5.82 Å². The third kappa shape index (κ3) is 3.46. The number of hydrogen-bond acceptors (Lipinski definition) is 5. The lowest BCUT2D eigenvalue weighted by atomic mass is 10.0. The minimum Gasteiger partial charge on any atom is -0.492 e. The molecule has 1 aliphatic rings. The van der Waals surface area contributed by atoms with E-state index in [2.05, 4.69) is 15.3 Å². The van der Waals surface area contributed by atoms with Crippen molar-refractivity contribution in [1.29, 1.82) is 0 Å². The van der Waals surface area contributed by atoms with Crippen molar-refractivity contribution in [3.63, 3.8) is 0 Å². The molecule has 0 spiro atoms. The number of fused-ring (bicyclic) bond motifs is 1. The second-order valence-corrected chi connectivity index (χ2v) is 5.34. The number of anilines is 1. The summed E-state index contributed by atoms with van der Waals surface area (Å²) >= 11 is 0. The van der Waals surface area contributed by atoms with Crippen LogP contribution in [0.25, 0.3) is 0 Å². The predicted molar refractivity (Wildman–Crippen MR) is 78.6 cm³/mol. The van der Waals surface area contributed by atoms with Crippen molar-refractivity contribution >= 4 is 11.6 Å². The number of benzene rings is 1. The fraction of sp³-hybridized carbons (Fsp3) is 0.267. The summed E-state index contributed by atoms with van der Waals surface area (Å²) in [4.78, 5) is 18.9. The summed E-state index contributed by atoms with van der Waals surface area (Å²) in [6.07, 6.45) is -2.74. The number of aromatic nitrogens is 2. The molecule has 2 heterocycles. The molecule has 3 N–H and O–H groups in total. The molecule has 2 aromatic rings. The minimum atomic E-state index is -4.55. The Hall–Kier alpha value is -2.68. The number of nitrogens with one attached hydrogen (secondary N) is 1. The fourth-order valence-corrected chi connectivity index (χ4v) is 2.25. The smallest absolute Gasteiger partial charge is 0.419 e. The molecule has 1 atom stereocenters. The highest BCUT2D eigenvalue weighted by atomic mass is 19.4. The van der Waals surface area contributed by atoms with E-state index in [4.69, 9.17) is 10.5 Å². The topological polar surface area (TPSA) is 90.1 Å². The summed E-state index contributed by atoms with van der Waals surface area (Å²) in [6, 6.07) is 4.99. The van der Waals surface area contributed by atoms with Crippen LogP contribution in [0.2, 0.25) is 0 Å². The van der Waals surface area contributed by atoms with Gasteiger partial charge in [0.1, 0.15) is 12.4 Å². The molecule has 1 aromatic carbocycles. The van der Waals surface area contributed by atoms with Crippen LogP contribution in [0.15, 0.2) is 30.6 Å². The van der Waals surface area contributed by atoms with Gasteiger partial charge in [-0.05, 0) is 18.1 Å². The maximum atomic E-state index is 12.5. The summed E-state index contributed by atoms with van der Waals surface area (Å²) in [6.45, 7) is 0.381. The number of carbonyl (C=O) groups excluding carboxylic acids is 1. The average molecular weight is 338 g/mol. The van der Waals surface area contributed by atoms with Gasteiger partial charge in [0.25, 0.3) is 5.91 Å². The lowest BCUT2D eigenvalue weighted by molar-refractivity contribution is -0.138. The Morgan fingerprint density at radius 1 is 1.29 bits per heavy atom. The van der Waals surface area contributed by atoms with E-state index in [9.17, 15) is 18.0 Å². The molecule has 0 saturated heterocycles. The standard InChI is InChI=1S/C15H13F3N4O2/c16-15(17,18)9-5-20-13(21-6-9)14(23)22-11-2-1-8-3-10(19)7-24-12(8)4-11/h1-2,4-6,10H,3,7,19H2,(H,22,23)/t10-/m1/s1. The fourth-order valence-electron chi connectivity index (χ4n) is 2.25. The lowest BCUT2D eigenvalue weighted by Crippen LogP contribution is -2.33. The van der Waals surface area contributed by atoms with Crippen molar-refractivity contribution in [2.24, 2.45) is 5.73 Å². The van der Waals surface area contributed by atoms with Crippen LogP contribution in [-0.4, -0.2) is 28.5 Å². The first kappa shape index (κ1) is 16.2. The van der Waals surface area contributed by atoms with Gasteiger partial charge in [-0.25, -0.2) is 9.97 Å². The van der Waals surface area contributed by atoms with Crippen molar-refractivity contribution in [2.75, 3.05) is 11.9 Å². The normalized spacial score (nSPS) is 16.9. The van der Waals surface area contributed by atoms with Gasteiger partial charge in [-0.1, -0.05) is 6.07 Å². The second kappa shape index (κ2) is 6.08. The van der Waals surface area contributed by atoms with E-state index in [1.807, 2.05) is 0 Å². The molecule has 3 rings (SSSR count). The molecule has 0 saturated carbocycles. The molecule has 1 aromatic heterocycles. The highest BCUT2D eigenvalue weighted by Crippen LogP contribution is 2.29. The molecule has 24 heavy (non-hydrogen) atoms. The summed E-state index contributed by atoms with van der Waals surface area (Å²) in [5.41, 5.74) is 6.14. The zero-order valence-corrected chi connectivity index (χ0v) is 12.3. The first-order valence-electron chi connectivity index (χ1n) is 7.05. The SMILES string of the molecule is N[C@H]1COc2cc(NC(=O)c3ncc(C(F)(F)F)cn3)ccc2C1. The number of carbonyl (C=O) groups is 1. The third-order valence-electron chi connectivity index (χ3n) is 3.44. The van der Waals surface area contributed by atoms with Crippen LogP contribution in [0.5, 0.6) is 5.75 Å². The van der Waals surface area contributed by atoms with Gasteiger partial charge < -0.3 is 15.8 Å². The molecule has 6 nitrogen and oxygen atoms in total.